The zero-order valence-corrected chi connectivity index (χ0v) is 28.7. The Hall–Kier alpha value is -4.69. The molecule has 3 aromatic heterocycles. The van der Waals surface area contributed by atoms with Gasteiger partial charge in [-0.3, -0.25) is 4.90 Å². The number of methoxy groups -OCH3 is 1. The number of ether oxygens (including phenoxy) is 5. The van der Waals surface area contributed by atoms with Crippen molar-refractivity contribution >= 4 is 11.6 Å². The third-order valence-electron chi connectivity index (χ3n) is 8.96. The summed E-state index contributed by atoms with van der Waals surface area (Å²) in [5.41, 5.74) is 2.46. The molecular formula is C34H45N11O5. The minimum Gasteiger partial charge on any atom is -0.487 e. The van der Waals surface area contributed by atoms with Gasteiger partial charge in [-0.2, -0.15) is 5.26 Å². The van der Waals surface area contributed by atoms with Gasteiger partial charge in [0.2, 0.25) is 5.95 Å². The second-order valence-corrected chi connectivity index (χ2v) is 12.4. The van der Waals surface area contributed by atoms with Crippen molar-refractivity contribution in [1.82, 2.24) is 44.9 Å². The van der Waals surface area contributed by atoms with Crippen molar-refractivity contribution < 1.29 is 23.7 Å². The van der Waals surface area contributed by atoms with Gasteiger partial charge in [0, 0.05) is 51.2 Å². The number of tetrazole rings is 1. The molecule has 0 radical (unpaired) electrons. The summed E-state index contributed by atoms with van der Waals surface area (Å²) in [6.45, 7) is 7.60. The van der Waals surface area contributed by atoms with Crippen LogP contribution in [-0.2, 0) is 26.4 Å². The summed E-state index contributed by atoms with van der Waals surface area (Å²) < 4.78 is 32.4. The maximum atomic E-state index is 9.70. The SMILES string of the molecule is COCCOCCCOc1nn(C2(N3CCOCC3)CCCCC2)cc1Nc1ncc(-c2ccc(C#N)c(OC(C)Cn3cnnn3)c2)cn1. The lowest BCUT2D eigenvalue weighted by atomic mass is 9.87. The van der Waals surface area contributed by atoms with Crippen molar-refractivity contribution in [2.45, 2.75) is 63.8 Å². The summed E-state index contributed by atoms with van der Waals surface area (Å²) in [7, 11) is 1.66. The number of nitrogens with zero attached hydrogens (tertiary/aromatic N) is 10. The van der Waals surface area contributed by atoms with Gasteiger partial charge in [-0.15, -0.1) is 10.2 Å². The summed E-state index contributed by atoms with van der Waals surface area (Å²) >= 11 is 0. The van der Waals surface area contributed by atoms with Crippen LogP contribution in [0.1, 0.15) is 51.0 Å². The molecule has 266 valence electrons. The minimum atomic E-state index is -0.278. The van der Waals surface area contributed by atoms with Crippen LogP contribution in [0.15, 0.2) is 43.1 Å². The Balaban J connectivity index is 1.20. The van der Waals surface area contributed by atoms with E-state index in [-0.39, 0.29) is 11.8 Å². The average molecular weight is 688 g/mol. The molecule has 1 saturated heterocycles. The predicted octanol–water partition coefficient (Wildman–Crippen LogP) is 3.79. The number of hydrogen-bond acceptors (Lipinski definition) is 14. The smallest absolute Gasteiger partial charge is 0.257 e. The molecule has 6 rings (SSSR count). The number of nitriles is 1. The molecule has 2 fully saturated rings. The maximum Gasteiger partial charge on any atom is 0.257 e. The average Bonchev–Trinajstić information content (AvgIpc) is 3.82. The summed E-state index contributed by atoms with van der Waals surface area (Å²) in [5, 5.41) is 29.3. The van der Waals surface area contributed by atoms with Gasteiger partial charge in [0.25, 0.3) is 5.88 Å². The standard InChI is InChI=1S/C34H45N11O5/c1-26(23-44-25-38-41-42-44)50-31-19-27(7-8-28(31)20-35)29-21-36-33(37-22-29)39-30-24-45(40-32(30)49-14-6-13-47-18-17-46-2)34(9-4-3-5-10-34)43-11-15-48-16-12-43/h7-8,19,21-22,24-26H,3-6,9-18,23H2,1-2H3,(H,36,37,39). The lowest BCUT2D eigenvalue weighted by Gasteiger charge is -2.47. The molecule has 1 atom stereocenters. The van der Waals surface area contributed by atoms with Crippen molar-refractivity contribution in [2.75, 3.05) is 65.2 Å². The Labute approximate surface area is 291 Å². The van der Waals surface area contributed by atoms with Crippen LogP contribution in [0.25, 0.3) is 11.1 Å². The van der Waals surface area contributed by atoms with Gasteiger partial charge < -0.3 is 29.0 Å². The fourth-order valence-electron chi connectivity index (χ4n) is 6.46. The molecule has 1 N–H and O–H groups in total. The molecule has 16 nitrogen and oxygen atoms in total. The minimum absolute atomic E-state index is 0.243. The van der Waals surface area contributed by atoms with Crippen LogP contribution < -0.4 is 14.8 Å². The Morgan fingerprint density at radius 3 is 2.60 bits per heavy atom. The first-order valence-corrected chi connectivity index (χ1v) is 17.2. The number of anilines is 2. The summed E-state index contributed by atoms with van der Waals surface area (Å²) in [6, 6.07) is 7.62. The zero-order valence-electron chi connectivity index (χ0n) is 28.7. The summed E-state index contributed by atoms with van der Waals surface area (Å²) in [6.07, 6.45) is 13.0. The second kappa shape index (κ2) is 17.3. The molecule has 50 heavy (non-hydrogen) atoms. The normalized spacial score (nSPS) is 16.8. The highest BCUT2D eigenvalue weighted by molar-refractivity contribution is 5.67. The van der Waals surface area contributed by atoms with E-state index in [1.165, 1.54) is 12.7 Å². The predicted molar refractivity (Wildman–Crippen MR) is 182 cm³/mol. The first-order chi connectivity index (χ1) is 24.6. The van der Waals surface area contributed by atoms with Crippen LogP contribution in [-0.4, -0.2) is 111 Å². The van der Waals surface area contributed by atoms with Crippen LogP contribution in [0.2, 0.25) is 0 Å². The summed E-state index contributed by atoms with van der Waals surface area (Å²) in [4.78, 5) is 11.8. The fourth-order valence-corrected chi connectivity index (χ4v) is 6.46. The van der Waals surface area contributed by atoms with E-state index >= 15 is 0 Å². The van der Waals surface area contributed by atoms with E-state index in [1.807, 2.05) is 25.3 Å². The number of nitrogens with one attached hydrogen (secondary N) is 1. The number of benzene rings is 1. The maximum absolute atomic E-state index is 9.70. The molecule has 1 saturated carbocycles. The van der Waals surface area contributed by atoms with Crippen LogP contribution in [0.3, 0.4) is 0 Å². The molecule has 1 aliphatic carbocycles. The van der Waals surface area contributed by atoms with E-state index in [1.54, 1.807) is 30.3 Å². The number of morpholine rings is 1. The number of hydrogen-bond donors (Lipinski definition) is 1. The summed E-state index contributed by atoms with van der Waals surface area (Å²) in [5.74, 6) is 1.37. The molecule has 16 heteroatoms. The molecule has 4 heterocycles. The van der Waals surface area contributed by atoms with Crippen molar-refractivity contribution in [3.63, 3.8) is 0 Å². The highest BCUT2D eigenvalue weighted by Crippen LogP contribution is 2.41. The third-order valence-corrected chi connectivity index (χ3v) is 8.96. The van der Waals surface area contributed by atoms with Gasteiger partial charge in [0.15, 0.2) is 0 Å². The van der Waals surface area contributed by atoms with Gasteiger partial charge in [0.1, 0.15) is 35.6 Å². The molecule has 0 spiro atoms. The molecule has 1 aromatic carbocycles. The zero-order chi connectivity index (χ0) is 34.6. The van der Waals surface area contributed by atoms with Crippen LogP contribution in [0.5, 0.6) is 11.6 Å². The monoisotopic (exact) mass is 687 g/mol. The largest absolute Gasteiger partial charge is 0.487 e. The lowest BCUT2D eigenvalue weighted by Crippen LogP contribution is -2.56. The van der Waals surface area contributed by atoms with Crippen LogP contribution in [0.4, 0.5) is 11.6 Å². The van der Waals surface area contributed by atoms with Crippen LogP contribution >= 0.6 is 0 Å². The van der Waals surface area contributed by atoms with E-state index < -0.39 is 0 Å². The molecule has 0 amide bonds. The van der Waals surface area contributed by atoms with E-state index in [0.717, 1.165) is 49.9 Å². The van der Waals surface area contributed by atoms with Gasteiger partial charge in [-0.05, 0) is 60.7 Å². The lowest BCUT2D eigenvalue weighted by molar-refractivity contribution is -0.0836. The van der Waals surface area contributed by atoms with E-state index in [4.69, 9.17) is 28.8 Å². The Kier molecular flexibility index (Phi) is 12.2. The van der Waals surface area contributed by atoms with Gasteiger partial charge >= 0.3 is 0 Å². The molecule has 1 aliphatic heterocycles. The topological polar surface area (TPSA) is 172 Å². The van der Waals surface area contributed by atoms with Gasteiger partial charge in [-0.1, -0.05) is 12.5 Å². The quantitative estimate of drug-likeness (QED) is 0.159. The van der Waals surface area contributed by atoms with Gasteiger partial charge in [0.05, 0.1) is 51.3 Å². The Morgan fingerprint density at radius 2 is 1.86 bits per heavy atom. The van der Waals surface area contributed by atoms with Crippen LogP contribution in [0, 0.1) is 11.3 Å². The molecule has 0 bridgehead atoms. The van der Waals surface area contributed by atoms with Crippen molar-refractivity contribution in [2.24, 2.45) is 0 Å². The number of rotatable bonds is 17. The van der Waals surface area contributed by atoms with E-state index in [0.29, 0.717) is 81.4 Å². The van der Waals surface area contributed by atoms with Crippen molar-refractivity contribution in [1.29, 1.82) is 5.26 Å². The highest BCUT2D eigenvalue weighted by atomic mass is 16.5. The molecule has 4 aromatic rings. The van der Waals surface area contributed by atoms with E-state index in [2.05, 4.69) is 46.5 Å². The van der Waals surface area contributed by atoms with E-state index in [9.17, 15) is 5.26 Å². The molecular weight excluding hydrogens is 642 g/mol. The van der Waals surface area contributed by atoms with Crippen molar-refractivity contribution in [3.8, 4) is 28.8 Å². The Bertz CT molecular complexity index is 1660. The second-order valence-electron chi connectivity index (χ2n) is 12.4. The third kappa shape index (κ3) is 8.72. The van der Waals surface area contributed by atoms with Crippen molar-refractivity contribution in [3.05, 3.63) is 48.7 Å². The first-order valence-electron chi connectivity index (χ1n) is 17.2. The number of aromatic nitrogens is 8. The molecule has 1 unspecified atom stereocenters. The molecule has 2 aliphatic rings. The first kappa shape index (κ1) is 35.1. The Morgan fingerprint density at radius 1 is 1.04 bits per heavy atom. The fraction of sp³-hybridized carbons (Fsp3) is 0.559. The highest BCUT2D eigenvalue weighted by Gasteiger charge is 2.42. The van der Waals surface area contributed by atoms with Gasteiger partial charge in [-0.25, -0.2) is 19.3 Å².